The summed E-state index contributed by atoms with van der Waals surface area (Å²) in [5.41, 5.74) is 3.93. The van der Waals surface area contributed by atoms with Crippen molar-refractivity contribution in [2.75, 3.05) is 17.2 Å². The van der Waals surface area contributed by atoms with E-state index in [1.54, 1.807) is 5.38 Å². The van der Waals surface area contributed by atoms with Gasteiger partial charge in [0, 0.05) is 23.5 Å². The molecule has 148 valence electrons. The first-order valence-corrected chi connectivity index (χ1v) is 9.19. The molecule has 3 aromatic rings. The van der Waals surface area contributed by atoms with E-state index in [4.69, 9.17) is 5.73 Å². The number of nitrogen functional groups attached to an aromatic ring is 1. The van der Waals surface area contributed by atoms with Gasteiger partial charge in [-0.25, -0.2) is 9.97 Å². The van der Waals surface area contributed by atoms with Crippen LogP contribution in [0.5, 0.6) is 5.75 Å². The maximum Gasteiger partial charge on any atom is 0.418 e. The lowest BCUT2D eigenvalue weighted by molar-refractivity contribution is -0.136. The number of aromatic nitrogens is 2. The minimum absolute atomic E-state index is 0.0708. The second kappa shape index (κ2) is 7.27. The number of aromatic hydroxyl groups is 1. The highest BCUT2D eigenvalue weighted by Gasteiger charge is 2.35. The molecular formula is C18H17F3N4O2S. The van der Waals surface area contributed by atoms with Crippen molar-refractivity contribution in [3.05, 3.63) is 40.9 Å². The number of carbonyl (C=O) groups excluding carboxylic acids is 1. The molecule has 0 radical (unpaired) electrons. The first kappa shape index (κ1) is 19.9. The van der Waals surface area contributed by atoms with Gasteiger partial charge >= 0.3 is 6.18 Å². The van der Waals surface area contributed by atoms with Crippen molar-refractivity contribution < 1.29 is 23.1 Å². The van der Waals surface area contributed by atoms with Gasteiger partial charge in [0.05, 0.1) is 11.1 Å². The average Bonchev–Trinajstić information content (AvgIpc) is 3.12. The fourth-order valence-corrected chi connectivity index (χ4v) is 3.47. The molecule has 0 atom stereocenters. The van der Waals surface area contributed by atoms with Gasteiger partial charge in [-0.05, 0) is 18.1 Å². The van der Waals surface area contributed by atoms with Crippen molar-refractivity contribution in [3.8, 4) is 5.75 Å². The third kappa shape index (κ3) is 3.59. The first-order valence-electron chi connectivity index (χ1n) is 8.31. The lowest BCUT2D eigenvalue weighted by Crippen LogP contribution is -2.35. The minimum atomic E-state index is -4.68. The Hall–Kier alpha value is -2.88. The van der Waals surface area contributed by atoms with Crippen molar-refractivity contribution in [1.82, 2.24) is 9.97 Å². The van der Waals surface area contributed by atoms with E-state index < -0.39 is 34.7 Å². The number of nitrogens with two attached hydrogens (primary N) is 1. The van der Waals surface area contributed by atoms with Crippen molar-refractivity contribution in [3.63, 3.8) is 0 Å². The standard InChI is InChI=1S/C18H17F3N4O2S/c1-9(2)8-25(17-23-6-7-28-17)16(27)12-14(26)10-4-3-5-11(18(19,20)21)13(10)24-15(12)22/h3-7,9H,8H2,1-2H3,(H3,22,24,26). The second-order valence-corrected chi connectivity index (χ2v) is 7.42. The number of thiazole rings is 1. The van der Waals surface area contributed by atoms with Crippen LogP contribution in [-0.4, -0.2) is 27.5 Å². The summed E-state index contributed by atoms with van der Waals surface area (Å²) >= 11 is 1.22. The summed E-state index contributed by atoms with van der Waals surface area (Å²) in [7, 11) is 0. The summed E-state index contributed by atoms with van der Waals surface area (Å²) in [6.07, 6.45) is -3.15. The molecular weight excluding hydrogens is 393 g/mol. The molecule has 2 aromatic heterocycles. The number of amides is 1. The largest absolute Gasteiger partial charge is 0.506 e. The molecule has 0 bridgehead atoms. The van der Waals surface area contributed by atoms with Gasteiger partial charge < -0.3 is 10.8 Å². The number of para-hydroxylation sites is 1. The number of carbonyl (C=O) groups is 1. The van der Waals surface area contributed by atoms with Gasteiger partial charge in [-0.15, -0.1) is 11.3 Å². The molecule has 10 heteroatoms. The average molecular weight is 410 g/mol. The zero-order valence-corrected chi connectivity index (χ0v) is 15.8. The van der Waals surface area contributed by atoms with E-state index in [-0.39, 0.29) is 23.4 Å². The molecule has 3 rings (SSSR count). The van der Waals surface area contributed by atoms with Crippen molar-refractivity contribution in [1.29, 1.82) is 0 Å². The van der Waals surface area contributed by atoms with E-state index >= 15 is 0 Å². The van der Waals surface area contributed by atoms with Gasteiger partial charge in [0.15, 0.2) is 5.13 Å². The highest BCUT2D eigenvalue weighted by Crippen LogP contribution is 2.39. The van der Waals surface area contributed by atoms with Gasteiger partial charge in [0.2, 0.25) is 0 Å². The lowest BCUT2D eigenvalue weighted by atomic mass is 10.0. The summed E-state index contributed by atoms with van der Waals surface area (Å²) in [5, 5.41) is 12.5. The number of pyridine rings is 1. The Morgan fingerprint density at radius 1 is 1.36 bits per heavy atom. The van der Waals surface area contributed by atoms with E-state index in [9.17, 15) is 23.1 Å². The molecule has 0 fully saturated rings. The van der Waals surface area contributed by atoms with Crippen LogP contribution >= 0.6 is 11.3 Å². The monoisotopic (exact) mass is 410 g/mol. The predicted octanol–water partition coefficient (Wildman–Crippen LogP) is 4.30. The number of nitrogens with zero attached hydrogens (tertiary/aromatic N) is 3. The quantitative estimate of drug-likeness (QED) is 0.669. The fourth-order valence-electron chi connectivity index (χ4n) is 2.82. The minimum Gasteiger partial charge on any atom is -0.506 e. The molecule has 0 saturated heterocycles. The van der Waals surface area contributed by atoms with Crippen LogP contribution < -0.4 is 10.6 Å². The topological polar surface area (TPSA) is 92.3 Å². The lowest BCUT2D eigenvalue weighted by Gasteiger charge is -2.23. The van der Waals surface area contributed by atoms with Crippen LogP contribution in [0, 0.1) is 5.92 Å². The third-order valence-electron chi connectivity index (χ3n) is 3.98. The van der Waals surface area contributed by atoms with Crippen molar-refractivity contribution in [2.45, 2.75) is 20.0 Å². The normalized spacial score (nSPS) is 11.9. The Bertz CT molecular complexity index is 1020. The summed E-state index contributed by atoms with van der Waals surface area (Å²) in [6.45, 7) is 4.07. The molecule has 1 aromatic carbocycles. The van der Waals surface area contributed by atoms with Crippen molar-refractivity contribution in [2.24, 2.45) is 5.92 Å². The Balaban J connectivity index is 2.19. The maximum atomic E-state index is 13.3. The molecule has 0 aliphatic rings. The SMILES string of the molecule is CC(C)CN(C(=O)c1c(N)nc2c(C(F)(F)F)cccc2c1O)c1nccs1. The zero-order chi connectivity index (χ0) is 20.6. The first-order chi connectivity index (χ1) is 13.1. The van der Waals surface area contributed by atoms with Gasteiger partial charge in [-0.1, -0.05) is 19.9 Å². The molecule has 28 heavy (non-hydrogen) atoms. The van der Waals surface area contributed by atoms with Crippen LogP contribution in [0.4, 0.5) is 24.1 Å². The van der Waals surface area contributed by atoms with Crippen molar-refractivity contribution >= 4 is 39.1 Å². The molecule has 0 unspecified atom stereocenters. The number of fused-ring (bicyclic) bond motifs is 1. The highest BCUT2D eigenvalue weighted by molar-refractivity contribution is 7.13. The van der Waals surface area contributed by atoms with Crippen LogP contribution in [-0.2, 0) is 6.18 Å². The number of rotatable bonds is 4. The summed E-state index contributed by atoms with van der Waals surface area (Å²) < 4.78 is 39.8. The summed E-state index contributed by atoms with van der Waals surface area (Å²) in [6, 6.07) is 3.25. The smallest absolute Gasteiger partial charge is 0.418 e. The molecule has 3 N–H and O–H groups in total. The number of hydrogen-bond donors (Lipinski definition) is 2. The van der Waals surface area contributed by atoms with E-state index in [1.165, 1.54) is 28.5 Å². The van der Waals surface area contributed by atoms with E-state index in [1.807, 2.05) is 13.8 Å². The van der Waals surface area contributed by atoms with Crippen LogP contribution in [0.3, 0.4) is 0 Å². The zero-order valence-electron chi connectivity index (χ0n) is 15.0. The van der Waals surface area contributed by atoms with Crippen LogP contribution in [0.25, 0.3) is 10.9 Å². The number of benzene rings is 1. The summed E-state index contributed by atoms with van der Waals surface area (Å²) in [5.74, 6) is -1.71. The summed E-state index contributed by atoms with van der Waals surface area (Å²) in [4.78, 5) is 22.4. The Morgan fingerprint density at radius 3 is 2.64 bits per heavy atom. The number of hydrogen-bond acceptors (Lipinski definition) is 6. The molecule has 1 amide bonds. The second-order valence-electron chi connectivity index (χ2n) is 6.54. The fraction of sp³-hybridized carbons (Fsp3) is 0.278. The predicted molar refractivity (Wildman–Crippen MR) is 101 cm³/mol. The molecule has 0 aliphatic heterocycles. The van der Waals surface area contributed by atoms with E-state index in [2.05, 4.69) is 9.97 Å². The van der Waals surface area contributed by atoms with E-state index in [0.717, 1.165) is 12.1 Å². The van der Waals surface area contributed by atoms with Crippen LogP contribution in [0.2, 0.25) is 0 Å². The molecule has 0 spiro atoms. The molecule has 0 saturated carbocycles. The van der Waals surface area contributed by atoms with Gasteiger partial charge in [-0.3, -0.25) is 9.69 Å². The van der Waals surface area contributed by atoms with E-state index in [0.29, 0.717) is 5.13 Å². The molecule has 0 aliphatic carbocycles. The Morgan fingerprint density at radius 2 is 2.07 bits per heavy atom. The third-order valence-corrected chi connectivity index (χ3v) is 4.77. The Labute approximate surface area is 162 Å². The van der Waals surface area contributed by atoms with Gasteiger partial charge in [-0.2, -0.15) is 13.2 Å². The number of anilines is 2. The van der Waals surface area contributed by atoms with Gasteiger partial charge in [0.1, 0.15) is 17.1 Å². The highest BCUT2D eigenvalue weighted by atomic mass is 32.1. The number of alkyl halides is 3. The van der Waals surface area contributed by atoms with Crippen LogP contribution in [0.15, 0.2) is 29.8 Å². The molecule has 6 nitrogen and oxygen atoms in total. The maximum absolute atomic E-state index is 13.3. The van der Waals surface area contributed by atoms with Crippen LogP contribution in [0.1, 0.15) is 29.8 Å². The van der Waals surface area contributed by atoms with Gasteiger partial charge in [0.25, 0.3) is 5.91 Å². The molecule has 2 heterocycles. The Kier molecular flexibility index (Phi) is 5.16. The number of halogens is 3.